The maximum atomic E-state index is 13.5. The van der Waals surface area contributed by atoms with Gasteiger partial charge in [-0.15, -0.1) is 0 Å². The summed E-state index contributed by atoms with van der Waals surface area (Å²) in [5, 5.41) is 2.43. The van der Waals surface area contributed by atoms with Gasteiger partial charge in [0.1, 0.15) is 11.6 Å². The van der Waals surface area contributed by atoms with E-state index in [1.807, 2.05) is 0 Å². The molecule has 122 valence electrons. The van der Waals surface area contributed by atoms with E-state index in [0.717, 1.165) is 24.5 Å². The molecule has 0 saturated heterocycles. The number of halogens is 2. The highest BCUT2D eigenvalue weighted by Gasteiger charge is 2.15. The van der Waals surface area contributed by atoms with Gasteiger partial charge in [0.05, 0.1) is 17.5 Å². The van der Waals surface area contributed by atoms with E-state index >= 15 is 0 Å². The number of anilines is 1. The Labute approximate surface area is 132 Å². The largest absolute Gasteiger partial charge is 0.348 e. The van der Waals surface area contributed by atoms with Crippen molar-refractivity contribution in [2.24, 2.45) is 0 Å². The van der Waals surface area contributed by atoms with Gasteiger partial charge in [-0.2, -0.15) is 0 Å². The molecule has 0 aromatic heterocycles. The van der Waals surface area contributed by atoms with Gasteiger partial charge in [-0.1, -0.05) is 18.2 Å². The second-order valence-corrected chi connectivity index (χ2v) is 6.59. The fourth-order valence-electron chi connectivity index (χ4n) is 1.91. The molecule has 0 atom stereocenters. The number of hydrogen-bond acceptors (Lipinski definition) is 3. The zero-order valence-electron chi connectivity index (χ0n) is 12.1. The lowest BCUT2D eigenvalue weighted by Gasteiger charge is -2.11. The molecular formula is C15H14F2N2O3S. The third-order valence-electron chi connectivity index (χ3n) is 2.92. The fraction of sp³-hybridized carbons (Fsp3) is 0.133. The third-order valence-corrected chi connectivity index (χ3v) is 3.51. The smallest absolute Gasteiger partial charge is 0.253 e. The van der Waals surface area contributed by atoms with Gasteiger partial charge in [0.2, 0.25) is 10.0 Å². The predicted molar refractivity (Wildman–Crippen MR) is 82.4 cm³/mol. The van der Waals surface area contributed by atoms with Gasteiger partial charge in [0.15, 0.2) is 0 Å². The summed E-state index contributed by atoms with van der Waals surface area (Å²) < 4.78 is 51.6. The molecule has 0 spiro atoms. The quantitative estimate of drug-likeness (QED) is 0.877. The van der Waals surface area contributed by atoms with Crippen LogP contribution in [0.25, 0.3) is 0 Å². The van der Waals surface area contributed by atoms with Crippen LogP contribution in [0.15, 0.2) is 42.5 Å². The lowest BCUT2D eigenvalue weighted by atomic mass is 10.1. The van der Waals surface area contributed by atoms with Crippen molar-refractivity contribution in [3.63, 3.8) is 0 Å². The van der Waals surface area contributed by atoms with Crippen LogP contribution in [0.2, 0.25) is 0 Å². The lowest BCUT2D eigenvalue weighted by molar-refractivity contribution is 0.0951. The zero-order valence-corrected chi connectivity index (χ0v) is 13.0. The van der Waals surface area contributed by atoms with E-state index in [1.54, 1.807) is 6.07 Å². The van der Waals surface area contributed by atoms with Crippen LogP contribution in [0.1, 0.15) is 15.9 Å². The van der Waals surface area contributed by atoms with E-state index in [4.69, 9.17) is 0 Å². The van der Waals surface area contributed by atoms with E-state index < -0.39 is 27.6 Å². The van der Waals surface area contributed by atoms with Crippen LogP contribution in [-0.2, 0) is 16.6 Å². The second kappa shape index (κ2) is 6.74. The first-order chi connectivity index (χ1) is 10.8. The molecule has 1 amide bonds. The minimum absolute atomic E-state index is 0.0556. The van der Waals surface area contributed by atoms with Crippen molar-refractivity contribution in [2.75, 3.05) is 11.0 Å². The van der Waals surface area contributed by atoms with Gasteiger partial charge in [0, 0.05) is 12.1 Å². The van der Waals surface area contributed by atoms with Gasteiger partial charge in [-0.05, 0) is 24.3 Å². The number of nitrogens with one attached hydrogen (secondary N) is 2. The van der Waals surface area contributed by atoms with Crippen LogP contribution in [0.4, 0.5) is 14.5 Å². The van der Waals surface area contributed by atoms with Crippen LogP contribution >= 0.6 is 0 Å². The summed E-state index contributed by atoms with van der Waals surface area (Å²) in [6, 6.07) is 8.96. The van der Waals surface area contributed by atoms with Crippen LogP contribution < -0.4 is 10.0 Å². The molecule has 23 heavy (non-hydrogen) atoms. The first-order valence-electron chi connectivity index (χ1n) is 6.55. The van der Waals surface area contributed by atoms with E-state index in [1.165, 1.54) is 18.2 Å². The number of rotatable bonds is 5. The molecular weight excluding hydrogens is 326 g/mol. The molecule has 0 aliphatic carbocycles. The van der Waals surface area contributed by atoms with Gasteiger partial charge >= 0.3 is 0 Å². The summed E-state index contributed by atoms with van der Waals surface area (Å²) in [6.45, 7) is -0.111. The van der Waals surface area contributed by atoms with Crippen molar-refractivity contribution in [1.29, 1.82) is 0 Å². The highest BCUT2D eigenvalue weighted by molar-refractivity contribution is 7.92. The van der Waals surface area contributed by atoms with E-state index in [2.05, 4.69) is 10.0 Å². The standard InChI is InChI=1S/C15H14F2N2O3S/c1-23(21,22)19-14-7-6-11(16)8-12(14)15(20)18-9-10-4-2-3-5-13(10)17/h2-8,19H,9H2,1H3,(H,18,20). The summed E-state index contributed by atoms with van der Waals surface area (Å²) in [6.07, 6.45) is 0.914. The number of amides is 1. The van der Waals surface area contributed by atoms with E-state index in [9.17, 15) is 22.0 Å². The number of hydrogen-bond donors (Lipinski definition) is 2. The summed E-state index contributed by atoms with van der Waals surface area (Å²) in [5.74, 6) is -1.90. The Morgan fingerprint density at radius 3 is 2.48 bits per heavy atom. The number of carbonyl (C=O) groups is 1. The number of carbonyl (C=O) groups excluding carboxylic acids is 1. The molecule has 0 fully saturated rings. The van der Waals surface area contributed by atoms with Crippen LogP contribution in [0, 0.1) is 11.6 Å². The van der Waals surface area contributed by atoms with Crippen LogP contribution in [-0.4, -0.2) is 20.6 Å². The number of sulfonamides is 1. The van der Waals surface area contributed by atoms with Gasteiger partial charge < -0.3 is 5.32 Å². The summed E-state index contributed by atoms with van der Waals surface area (Å²) in [5.41, 5.74) is 0.0153. The molecule has 0 unspecified atom stereocenters. The average Bonchev–Trinajstić information content (AvgIpc) is 2.46. The van der Waals surface area contributed by atoms with Crippen molar-refractivity contribution >= 4 is 21.6 Å². The molecule has 8 heteroatoms. The summed E-state index contributed by atoms with van der Waals surface area (Å²) in [4.78, 5) is 12.2. The maximum Gasteiger partial charge on any atom is 0.253 e. The number of benzene rings is 2. The highest BCUT2D eigenvalue weighted by Crippen LogP contribution is 2.18. The Balaban J connectivity index is 2.21. The maximum absolute atomic E-state index is 13.5. The monoisotopic (exact) mass is 340 g/mol. The first kappa shape index (κ1) is 16.9. The topological polar surface area (TPSA) is 75.3 Å². The van der Waals surface area contributed by atoms with E-state index in [0.29, 0.717) is 0 Å². The fourth-order valence-corrected chi connectivity index (χ4v) is 2.48. The Kier molecular flexibility index (Phi) is 4.95. The Hall–Kier alpha value is -2.48. The van der Waals surface area contributed by atoms with Crippen LogP contribution in [0.3, 0.4) is 0 Å². The lowest BCUT2D eigenvalue weighted by Crippen LogP contribution is -2.25. The molecule has 0 bridgehead atoms. The van der Waals surface area contributed by atoms with E-state index in [-0.39, 0.29) is 23.4 Å². The Bertz CT molecular complexity index is 838. The molecule has 0 saturated carbocycles. The Morgan fingerprint density at radius 2 is 1.83 bits per heavy atom. The summed E-state index contributed by atoms with van der Waals surface area (Å²) in [7, 11) is -3.63. The molecule has 2 rings (SSSR count). The van der Waals surface area contributed by atoms with Crippen molar-refractivity contribution in [3.05, 3.63) is 65.2 Å². The molecule has 5 nitrogen and oxygen atoms in total. The average molecular weight is 340 g/mol. The predicted octanol–water partition coefficient (Wildman–Crippen LogP) is 2.27. The first-order valence-corrected chi connectivity index (χ1v) is 8.44. The molecule has 0 aliphatic rings. The van der Waals surface area contributed by atoms with Crippen molar-refractivity contribution in [2.45, 2.75) is 6.54 Å². The normalized spacial score (nSPS) is 11.1. The highest BCUT2D eigenvalue weighted by atomic mass is 32.2. The molecule has 0 radical (unpaired) electrons. The molecule has 0 aliphatic heterocycles. The second-order valence-electron chi connectivity index (χ2n) is 4.84. The van der Waals surface area contributed by atoms with Crippen molar-refractivity contribution in [3.8, 4) is 0 Å². The molecule has 0 heterocycles. The van der Waals surface area contributed by atoms with Crippen LogP contribution in [0.5, 0.6) is 0 Å². The SMILES string of the molecule is CS(=O)(=O)Nc1ccc(F)cc1C(=O)NCc1ccccc1F. The summed E-state index contributed by atoms with van der Waals surface area (Å²) >= 11 is 0. The van der Waals surface area contributed by atoms with Gasteiger partial charge in [0.25, 0.3) is 5.91 Å². The van der Waals surface area contributed by atoms with Crippen molar-refractivity contribution in [1.82, 2.24) is 5.32 Å². The molecule has 2 N–H and O–H groups in total. The van der Waals surface area contributed by atoms with Gasteiger partial charge in [-0.3, -0.25) is 9.52 Å². The zero-order chi connectivity index (χ0) is 17.0. The Morgan fingerprint density at radius 1 is 1.13 bits per heavy atom. The van der Waals surface area contributed by atoms with Gasteiger partial charge in [-0.25, -0.2) is 17.2 Å². The molecule has 2 aromatic carbocycles. The van der Waals surface area contributed by atoms with Crippen molar-refractivity contribution < 1.29 is 22.0 Å². The third kappa shape index (κ3) is 4.75. The minimum Gasteiger partial charge on any atom is -0.348 e. The minimum atomic E-state index is -3.63. The molecule has 2 aromatic rings.